The number of benzene rings is 1. The summed E-state index contributed by atoms with van der Waals surface area (Å²) in [5.74, 6) is 0. The van der Waals surface area contributed by atoms with Crippen molar-refractivity contribution in [3.05, 3.63) is 28.4 Å². The summed E-state index contributed by atoms with van der Waals surface area (Å²) >= 11 is 3.44. The zero-order valence-corrected chi connectivity index (χ0v) is 9.30. The highest BCUT2D eigenvalue weighted by molar-refractivity contribution is 9.10. The van der Waals surface area contributed by atoms with E-state index in [1.54, 1.807) is 6.20 Å². The average molecular weight is 252 g/mol. The van der Waals surface area contributed by atoms with Gasteiger partial charge in [0.15, 0.2) is 0 Å². The van der Waals surface area contributed by atoms with Gasteiger partial charge in [-0.05, 0) is 18.6 Å². The summed E-state index contributed by atoms with van der Waals surface area (Å²) in [6, 6.07) is 3.95. The van der Waals surface area contributed by atoms with E-state index in [4.69, 9.17) is 11.5 Å². The molecule has 0 fully saturated rings. The molecule has 0 aliphatic rings. The SMILES string of the molecule is Cc1ccc(Br)c2c(N)c(N)cnc12. The van der Waals surface area contributed by atoms with Gasteiger partial charge in [0, 0.05) is 9.86 Å². The van der Waals surface area contributed by atoms with Gasteiger partial charge in [-0.3, -0.25) is 4.98 Å². The third kappa shape index (κ3) is 1.23. The fraction of sp³-hybridized carbons (Fsp3) is 0.100. The van der Waals surface area contributed by atoms with E-state index in [1.807, 2.05) is 19.1 Å². The van der Waals surface area contributed by atoms with E-state index in [2.05, 4.69) is 20.9 Å². The van der Waals surface area contributed by atoms with Crippen LogP contribution in [-0.4, -0.2) is 4.98 Å². The van der Waals surface area contributed by atoms with Crippen LogP contribution in [0.25, 0.3) is 10.9 Å². The third-order valence-electron chi connectivity index (χ3n) is 2.24. The monoisotopic (exact) mass is 251 g/mol. The van der Waals surface area contributed by atoms with Crippen LogP contribution in [0.15, 0.2) is 22.8 Å². The van der Waals surface area contributed by atoms with E-state index >= 15 is 0 Å². The molecule has 0 spiro atoms. The Bertz CT molecular complexity index is 508. The second-order valence-electron chi connectivity index (χ2n) is 3.22. The van der Waals surface area contributed by atoms with Gasteiger partial charge in [-0.25, -0.2) is 0 Å². The van der Waals surface area contributed by atoms with Crippen molar-refractivity contribution in [3.8, 4) is 0 Å². The molecular formula is C10H10BrN3. The molecule has 0 saturated heterocycles. The van der Waals surface area contributed by atoms with Gasteiger partial charge < -0.3 is 11.5 Å². The van der Waals surface area contributed by atoms with Crippen molar-refractivity contribution in [2.45, 2.75) is 6.92 Å². The molecule has 0 saturated carbocycles. The van der Waals surface area contributed by atoms with E-state index in [9.17, 15) is 0 Å². The molecule has 0 unspecified atom stereocenters. The molecule has 72 valence electrons. The number of nitrogens with two attached hydrogens (primary N) is 2. The first-order chi connectivity index (χ1) is 6.61. The third-order valence-corrected chi connectivity index (χ3v) is 2.90. The van der Waals surface area contributed by atoms with Crippen LogP contribution in [0, 0.1) is 6.92 Å². The van der Waals surface area contributed by atoms with Crippen molar-refractivity contribution in [1.82, 2.24) is 4.98 Å². The van der Waals surface area contributed by atoms with Crippen LogP contribution in [0.2, 0.25) is 0 Å². The molecule has 0 atom stereocenters. The Morgan fingerprint density at radius 2 is 2.00 bits per heavy atom. The fourth-order valence-corrected chi connectivity index (χ4v) is 1.97. The molecule has 1 aromatic heterocycles. The summed E-state index contributed by atoms with van der Waals surface area (Å²) in [6.45, 7) is 2.00. The predicted octanol–water partition coefficient (Wildman–Crippen LogP) is 2.47. The average Bonchev–Trinajstić information content (AvgIpc) is 2.16. The Hall–Kier alpha value is -1.29. The van der Waals surface area contributed by atoms with Gasteiger partial charge in [0.05, 0.1) is 23.1 Å². The molecule has 2 aromatic rings. The van der Waals surface area contributed by atoms with Crippen LogP contribution in [0.3, 0.4) is 0 Å². The molecule has 14 heavy (non-hydrogen) atoms. The molecular weight excluding hydrogens is 242 g/mol. The number of pyridine rings is 1. The van der Waals surface area contributed by atoms with Crippen molar-refractivity contribution in [1.29, 1.82) is 0 Å². The summed E-state index contributed by atoms with van der Waals surface area (Å²) < 4.78 is 0.926. The second kappa shape index (κ2) is 3.13. The van der Waals surface area contributed by atoms with Crippen molar-refractivity contribution in [3.63, 3.8) is 0 Å². The number of hydrogen-bond donors (Lipinski definition) is 2. The Morgan fingerprint density at radius 3 is 2.71 bits per heavy atom. The van der Waals surface area contributed by atoms with Crippen LogP contribution >= 0.6 is 15.9 Å². The van der Waals surface area contributed by atoms with Gasteiger partial charge in [-0.15, -0.1) is 0 Å². The molecule has 0 aliphatic heterocycles. The maximum Gasteiger partial charge on any atom is 0.0764 e. The topological polar surface area (TPSA) is 64.9 Å². The lowest BCUT2D eigenvalue weighted by Gasteiger charge is -2.08. The molecule has 3 nitrogen and oxygen atoms in total. The fourth-order valence-electron chi connectivity index (χ4n) is 1.44. The van der Waals surface area contributed by atoms with Crippen molar-refractivity contribution < 1.29 is 0 Å². The highest BCUT2D eigenvalue weighted by atomic mass is 79.9. The number of fused-ring (bicyclic) bond motifs is 1. The van der Waals surface area contributed by atoms with Crippen molar-refractivity contribution >= 4 is 38.2 Å². The first-order valence-corrected chi connectivity index (χ1v) is 4.99. The smallest absolute Gasteiger partial charge is 0.0764 e. The van der Waals surface area contributed by atoms with Gasteiger partial charge in [0.2, 0.25) is 0 Å². The summed E-state index contributed by atoms with van der Waals surface area (Å²) in [7, 11) is 0. The molecule has 0 amide bonds. The Balaban J connectivity index is 3.01. The summed E-state index contributed by atoms with van der Waals surface area (Å²) in [5, 5.41) is 0.894. The van der Waals surface area contributed by atoms with Crippen LogP contribution in [0.1, 0.15) is 5.56 Å². The van der Waals surface area contributed by atoms with Crippen LogP contribution in [0.4, 0.5) is 11.4 Å². The predicted molar refractivity (Wildman–Crippen MR) is 63.0 cm³/mol. The number of halogens is 1. The van der Waals surface area contributed by atoms with Gasteiger partial charge in [0.25, 0.3) is 0 Å². The standard InChI is InChI=1S/C10H10BrN3/c1-5-2-3-6(11)8-9(13)7(12)4-14-10(5)8/h2-4H,12H2,1H3,(H2,13,14). The van der Waals surface area contributed by atoms with E-state index < -0.39 is 0 Å². The maximum atomic E-state index is 5.89. The minimum atomic E-state index is 0.517. The van der Waals surface area contributed by atoms with Gasteiger partial charge in [-0.2, -0.15) is 0 Å². The number of anilines is 2. The highest BCUT2D eigenvalue weighted by Gasteiger charge is 2.08. The van der Waals surface area contributed by atoms with Crippen molar-refractivity contribution in [2.75, 3.05) is 11.5 Å². The van der Waals surface area contributed by atoms with Crippen LogP contribution < -0.4 is 11.5 Å². The molecule has 1 aromatic carbocycles. The lowest BCUT2D eigenvalue weighted by atomic mass is 10.1. The van der Waals surface area contributed by atoms with Crippen molar-refractivity contribution in [2.24, 2.45) is 0 Å². The van der Waals surface area contributed by atoms with E-state index in [0.717, 1.165) is 20.9 Å². The number of aromatic nitrogens is 1. The number of rotatable bonds is 0. The normalized spacial score (nSPS) is 10.7. The van der Waals surface area contributed by atoms with E-state index in [-0.39, 0.29) is 0 Å². The summed E-state index contributed by atoms with van der Waals surface area (Å²) in [5.41, 5.74) is 14.7. The first-order valence-electron chi connectivity index (χ1n) is 4.20. The van der Waals surface area contributed by atoms with E-state index in [1.165, 1.54) is 0 Å². The minimum absolute atomic E-state index is 0.517. The Morgan fingerprint density at radius 1 is 1.29 bits per heavy atom. The maximum absolute atomic E-state index is 5.89. The molecule has 2 rings (SSSR count). The number of aryl methyl sites for hydroxylation is 1. The zero-order valence-electron chi connectivity index (χ0n) is 7.71. The first kappa shape index (κ1) is 9.27. The van der Waals surface area contributed by atoms with Gasteiger partial charge in [-0.1, -0.05) is 22.0 Å². The lowest BCUT2D eigenvalue weighted by molar-refractivity contribution is 1.36. The zero-order chi connectivity index (χ0) is 10.3. The Kier molecular flexibility index (Phi) is 2.07. The molecule has 0 radical (unpaired) electrons. The summed E-state index contributed by atoms with van der Waals surface area (Å²) in [4.78, 5) is 4.27. The molecule has 0 aliphatic carbocycles. The van der Waals surface area contributed by atoms with Gasteiger partial charge in [0.1, 0.15) is 0 Å². The number of hydrogen-bond acceptors (Lipinski definition) is 3. The molecule has 4 heteroatoms. The van der Waals surface area contributed by atoms with Crippen LogP contribution in [-0.2, 0) is 0 Å². The largest absolute Gasteiger partial charge is 0.396 e. The Labute approximate surface area is 90.2 Å². The minimum Gasteiger partial charge on any atom is -0.396 e. The molecule has 0 bridgehead atoms. The second-order valence-corrected chi connectivity index (χ2v) is 4.07. The molecule has 1 heterocycles. The highest BCUT2D eigenvalue weighted by Crippen LogP contribution is 2.32. The van der Waals surface area contributed by atoms with Gasteiger partial charge >= 0.3 is 0 Å². The summed E-state index contributed by atoms with van der Waals surface area (Å²) in [6.07, 6.45) is 1.59. The van der Waals surface area contributed by atoms with Crippen LogP contribution in [0.5, 0.6) is 0 Å². The van der Waals surface area contributed by atoms with E-state index in [0.29, 0.717) is 11.4 Å². The number of nitrogen functional groups attached to an aromatic ring is 2. The lowest BCUT2D eigenvalue weighted by Crippen LogP contribution is -1.98. The quantitative estimate of drug-likeness (QED) is 0.756. The molecule has 4 N–H and O–H groups in total. The number of nitrogens with zero attached hydrogens (tertiary/aromatic N) is 1.